The molecule has 0 N–H and O–H groups in total. The first kappa shape index (κ1) is 15.6. The number of nitrogens with zero attached hydrogens (tertiary/aromatic N) is 6. The molecule has 0 atom stereocenters. The van der Waals surface area contributed by atoms with Gasteiger partial charge in [-0.25, -0.2) is 9.97 Å². The van der Waals surface area contributed by atoms with E-state index in [1.807, 2.05) is 31.3 Å². The van der Waals surface area contributed by atoms with E-state index < -0.39 is 0 Å². The minimum absolute atomic E-state index is 0.479. The first-order chi connectivity index (χ1) is 12.2. The molecule has 0 amide bonds. The predicted molar refractivity (Wildman–Crippen MR) is 92.2 cm³/mol. The van der Waals surface area contributed by atoms with Crippen LogP contribution in [0.2, 0.25) is 0 Å². The van der Waals surface area contributed by atoms with E-state index in [1.165, 1.54) is 18.1 Å². The van der Waals surface area contributed by atoms with E-state index in [0.717, 1.165) is 27.4 Å². The Morgan fingerprint density at radius 1 is 1.20 bits per heavy atom. The van der Waals surface area contributed by atoms with Gasteiger partial charge in [0.05, 0.1) is 24.4 Å². The van der Waals surface area contributed by atoms with Crippen LogP contribution in [0.1, 0.15) is 5.82 Å². The molecule has 0 saturated carbocycles. The fraction of sp³-hybridized carbons (Fsp3) is 0.188. The summed E-state index contributed by atoms with van der Waals surface area (Å²) < 4.78 is 12.2. The first-order valence-electron chi connectivity index (χ1n) is 7.47. The summed E-state index contributed by atoms with van der Waals surface area (Å²) in [5.41, 5.74) is 1.64. The lowest BCUT2D eigenvalue weighted by Crippen LogP contribution is -1.93. The average molecular weight is 354 g/mol. The van der Waals surface area contributed by atoms with Crippen LogP contribution in [0.5, 0.6) is 5.75 Å². The highest BCUT2D eigenvalue weighted by Gasteiger charge is 2.12. The molecule has 126 valence electrons. The molecule has 0 aliphatic rings. The van der Waals surface area contributed by atoms with E-state index in [2.05, 4.69) is 25.2 Å². The molecule has 4 rings (SSSR count). The molecule has 8 nitrogen and oxygen atoms in total. The molecular formula is C16H14N6O2S. The SMILES string of the molecule is COc1ccc(-c2nc(CSc3ncnc4c3cnn4C)no2)cc1. The van der Waals surface area contributed by atoms with E-state index >= 15 is 0 Å². The molecule has 0 spiro atoms. The fourth-order valence-corrected chi connectivity index (χ4v) is 3.16. The van der Waals surface area contributed by atoms with Gasteiger partial charge in [-0.2, -0.15) is 10.1 Å². The Hall–Kier alpha value is -2.94. The summed E-state index contributed by atoms with van der Waals surface area (Å²) >= 11 is 1.52. The van der Waals surface area contributed by atoms with Gasteiger partial charge in [0.1, 0.15) is 17.1 Å². The third-order valence-corrected chi connectivity index (χ3v) is 4.64. The zero-order valence-electron chi connectivity index (χ0n) is 13.6. The molecule has 3 heterocycles. The normalized spacial score (nSPS) is 11.1. The topological polar surface area (TPSA) is 91.8 Å². The summed E-state index contributed by atoms with van der Waals surface area (Å²) in [6.45, 7) is 0. The second-order valence-electron chi connectivity index (χ2n) is 5.22. The molecule has 3 aromatic heterocycles. The Labute approximate surface area is 147 Å². The number of benzene rings is 1. The largest absolute Gasteiger partial charge is 0.497 e. The molecule has 0 aliphatic heterocycles. The Morgan fingerprint density at radius 2 is 2.04 bits per heavy atom. The van der Waals surface area contributed by atoms with Crippen molar-refractivity contribution in [3.8, 4) is 17.2 Å². The summed E-state index contributed by atoms with van der Waals surface area (Å²) in [5.74, 6) is 2.41. The highest BCUT2D eigenvalue weighted by molar-refractivity contribution is 7.98. The standard InChI is InChI=1S/C16H14N6O2S/c1-22-14-12(7-19-22)16(18-9-17-14)25-8-13-20-15(24-21-13)10-3-5-11(23-2)6-4-10/h3-7,9H,8H2,1-2H3. The lowest BCUT2D eigenvalue weighted by Gasteiger charge is -1.99. The molecule has 1 aromatic carbocycles. The Kier molecular flexibility index (Phi) is 4.06. The number of ether oxygens (including phenoxy) is 1. The van der Waals surface area contributed by atoms with E-state index in [1.54, 1.807) is 18.0 Å². The average Bonchev–Trinajstić information content (AvgIpc) is 3.28. The van der Waals surface area contributed by atoms with Crippen molar-refractivity contribution in [2.75, 3.05) is 7.11 Å². The van der Waals surface area contributed by atoms with Crippen molar-refractivity contribution in [1.82, 2.24) is 29.9 Å². The van der Waals surface area contributed by atoms with E-state index in [9.17, 15) is 0 Å². The highest BCUT2D eigenvalue weighted by Crippen LogP contribution is 2.27. The van der Waals surface area contributed by atoms with E-state index in [4.69, 9.17) is 9.26 Å². The summed E-state index contributed by atoms with van der Waals surface area (Å²) in [5, 5.41) is 10.00. The molecule has 9 heteroatoms. The second kappa shape index (κ2) is 6.52. The van der Waals surface area contributed by atoms with Crippen LogP contribution in [0.4, 0.5) is 0 Å². The van der Waals surface area contributed by atoms with Crippen LogP contribution in [0.15, 0.2) is 46.3 Å². The number of fused-ring (bicyclic) bond motifs is 1. The van der Waals surface area contributed by atoms with Gasteiger partial charge in [-0.05, 0) is 24.3 Å². The molecular weight excluding hydrogens is 340 g/mol. The lowest BCUT2D eigenvalue weighted by atomic mass is 10.2. The molecule has 0 fully saturated rings. The van der Waals surface area contributed by atoms with E-state index in [0.29, 0.717) is 17.5 Å². The van der Waals surface area contributed by atoms with Crippen molar-refractivity contribution < 1.29 is 9.26 Å². The Balaban J connectivity index is 1.51. The Bertz CT molecular complexity index is 1010. The fourth-order valence-electron chi connectivity index (χ4n) is 2.35. The zero-order valence-corrected chi connectivity index (χ0v) is 14.4. The quantitative estimate of drug-likeness (QED) is 0.399. The third-order valence-electron chi connectivity index (χ3n) is 3.64. The molecule has 25 heavy (non-hydrogen) atoms. The van der Waals surface area contributed by atoms with Crippen molar-refractivity contribution in [2.24, 2.45) is 7.05 Å². The molecule has 0 saturated heterocycles. The number of aromatic nitrogens is 6. The maximum absolute atomic E-state index is 5.34. The number of thioether (sulfide) groups is 1. The van der Waals surface area contributed by atoms with Gasteiger partial charge in [0.15, 0.2) is 11.5 Å². The van der Waals surface area contributed by atoms with Crippen LogP contribution in [0.3, 0.4) is 0 Å². The summed E-state index contributed by atoms with van der Waals surface area (Å²) in [6, 6.07) is 7.47. The molecule has 4 aromatic rings. The van der Waals surface area contributed by atoms with Crippen molar-refractivity contribution in [3.05, 3.63) is 42.6 Å². The van der Waals surface area contributed by atoms with Crippen molar-refractivity contribution >= 4 is 22.8 Å². The maximum Gasteiger partial charge on any atom is 0.257 e. The van der Waals surface area contributed by atoms with Crippen LogP contribution in [0, 0.1) is 0 Å². The minimum atomic E-state index is 0.479. The predicted octanol–water partition coefficient (Wildman–Crippen LogP) is 2.71. The van der Waals surface area contributed by atoms with Gasteiger partial charge in [0, 0.05) is 12.6 Å². The third kappa shape index (κ3) is 3.05. The first-order valence-corrected chi connectivity index (χ1v) is 8.45. The van der Waals surface area contributed by atoms with Gasteiger partial charge in [-0.3, -0.25) is 4.68 Å². The Morgan fingerprint density at radius 3 is 2.84 bits per heavy atom. The summed E-state index contributed by atoms with van der Waals surface area (Å²) in [4.78, 5) is 13.0. The van der Waals surface area contributed by atoms with Gasteiger partial charge in [0.2, 0.25) is 0 Å². The highest BCUT2D eigenvalue weighted by atomic mass is 32.2. The minimum Gasteiger partial charge on any atom is -0.497 e. The zero-order chi connectivity index (χ0) is 17.2. The number of methoxy groups -OCH3 is 1. The van der Waals surface area contributed by atoms with Gasteiger partial charge in [-0.1, -0.05) is 16.9 Å². The molecule has 0 aliphatic carbocycles. The number of hydrogen-bond acceptors (Lipinski definition) is 8. The number of aryl methyl sites for hydroxylation is 1. The van der Waals surface area contributed by atoms with Gasteiger partial charge < -0.3 is 9.26 Å². The van der Waals surface area contributed by atoms with Gasteiger partial charge in [-0.15, -0.1) is 0 Å². The monoisotopic (exact) mass is 354 g/mol. The second-order valence-corrected chi connectivity index (χ2v) is 6.18. The molecule has 0 bridgehead atoms. The number of rotatable bonds is 5. The van der Waals surface area contributed by atoms with Gasteiger partial charge >= 0.3 is 0 Å². The van der Waals surface area contributed by atoms with Crippen LogP contribution in [-0.2, 0) is 12.8 Å². The molecule has 0 unspecified atom stereocenters. The molecule has 0 radical (unpaired) electrons. The van der Waals surface area contributed by atoms with Crippen LogP contribution >= 0.6 is 11.8 Å². The van der Waals surface area contributed by atoms with Crippen LogP contribution < -0.4 is 4.74 Å². The van der Waals surface area contributed by atoms with Crippen LogP contribution in [-0.4, -0.2) is 37.0 Å². The number of hydrogen-bond donors (Lipinski definition) is 0. The smallest absolute Gasteiger partial charge is 0.257 e. The lowest BCUT2D eigenvalue weighted by molar-refractivity contribution is 0.414. The van der Waals surface area contributed by atoms with Crippen molar-refractivity contribution in [1.29, 1.82) is 0 Å². The summed E-state index contributed by atoms with van der Waals surface area (Å²) in [7, 11) is 3.48. The van der Waals surface area contributed by atoms with E-state index in [-0.39, 0.29) is 0 Å². The summed E-state index contributed by atoms with van der Waals surface area (Å²) in [6.07, 6.45) is 3.29. The van der Waals surface area contributed by atoms with Crippen molar-refractivity contribution in [2.45, 2.75) is 10.8 Å². The van der Waals surface area contributed by atoms with Gasteiger partial charge in [0.25, 0.3) is 5.89 Å². The maximum atomic E-state index is 5.34. The van der Waals surface area contributed by atoms with Crippen LogP contribution in [0.25, 0.3) is 22.5 Å². The van der Waals surface area contributed by atoms with Crippen molar-refractivity contribution in [3.63, 3.8) is 0 Å².